The molecule has 0 aromatic heterocycles. The molecule has 4 nitrogen and oxygen atoms in total. The average Bonchev–Trinajstić information content (AvgIpc) is 2.53. The summed E-state index contributed by atoms with van der Waals surface area (Å²) in [6, 6.07) is 15.0. The fourth-order valence-electron chi connectivity index (χ4n) is 2.58. The van der Waals surface area contributed by atoms with Gasteiger partial charge in [0, 0.05) is 30.2 Å². The van der Waals surface area contributed by atoms with Gasteiger partial charge in [-0.3, -0.25) is 9.59 Å². The van der Waals surface area contributed by atoms with Crippen molar-refractivity contribution in [2.75, 3.05) is 5.32 Å². The monoisotopic (exact) mass is 358 g/mol. The lowest BCUT2D eigenvalue weighted by molar-refractivity contribution is -0.132. The highest BCUT2D eigenvalue weighted by Gasteiger charge is 2.18. The van der Waals surface area contributed by atoms with Crippen LogP contribution >= 0.6 is 11.6 Å². The van der Waals surface area contributed by atoms with Crippen LogP contribution in [0, 0.1) is 0 Å². The van der Waals surface area contributed by atoms with E-state index in [1.54, 1.807) is 12.1 Å². The standard InChI is InChI=1S/C20H23ClN2O2/c1-14(2)23(13-17-5-4-6-18(21)11-17)20(25)12-16-7-9-19(10-8-16)22-15(3)24/h4-11,14H,12-13H2,1-3H3,(H,22,24). The molecule has 0 fully saturated rings. The van der Waals surface area contributed by atoms with Crippen molar-refractivity contribution < 1.29 is 9.59 Å². The molecule has 0 atom stereocenters. The summed E-state index contributed by atoms with van der Waals surface area (Å²) in [7, 11) is 0. The van der Waals surface area contributed by atoms with Crippen LogP contribution in [0.4, 0.5) is 5.69 Å². The number of hydrogen-bond donors (Lipinski definition) is 1. The van der Waals surface area contributed by atoms with E-state index in [1.807, 2.05) is 55.1 Å². The van der Waals surface area contributed by atoms with Crippen LogP contribution in [0.3, 0.4) is 0 Å². The molecule has 0 heterocycles. The van der Waals surface area contributed by atoms with Crippen molar-refractivity contribution in [3.05, 3.63) is 64.7 Å². The Morgan fingerprint density at radius 1 is 1.08 bits per heavy atom. The van der Waals surface area contributed by atoms with Crippen LogP contribution in [0.15, 0.2) is 48.5 Å². The van der Waals surface area contributed by atoms with Crippen LogP contribution < -0.4 is 5.32 Å². The third-order valence-electron chi connectivity index (χ3n) is 3.82. The molecule has 1 N–H and O–H groups in total. The van der Waals surface area contributed by atoms with Gasteiger partial charge in [0.1, 0.15) is 0 Å². The first-order valence-corrected chi connectivity index (χ1v) is 8.63. The lowest BCUT2D eigenvalue weighted by Gasteiger charge is -2.27. The molecule has 0 saturated carbocycles. The predicted molar refractivity (Wildman–Crippen MR) is 102 cm³/mol. The second kappa shape index (κ2) is 8.67. The van der Waals surface area contributed by atoms with Crippen LogP contribution in [0.5, 0.6) is 0 Å². The summed E-state index contributed by atoms with van der Waals surface area (Å²) in [5, 5.41) is 3.39. The molecule has 2 rings (SSSR count). The second-order valence-electron chi connectivity index (χ2n) is 6.30. The van der Waals surface area contributed by atoms with Gasteiger partial charge in [-0.2, -0.15) is 0 Å². The third kappa shape index (κ3) is 5.91. The smallest absolute Gasteiger partial charge is 0.227 e. The first-order chi connectivity index (χ1) is 11.8. The fraction of sp³-hybridized carbons (Fsp3) is 0.300. The molecule has 0 bridgehead atoms. The Labute approximate surface area is 153 Å². The van der Waals surface area contributed by atoms with E-state index in [-0.39, 0.29) is 17.9 Å². The zero-order chi connectivity index (χ0) is 18.4. The highest BCUT2D eigenvalue weighted by atomic mass is 35.5. The van der Waals surface area contributed by atoms with Crippen molar-refractivity contribution >= 4 is 29.1 Å². The van der Waals surface area contributed by atoms with Gasteiger partial charge in [-0.15, -0.1) is 0 Å². The number of anilines is 1. The summed E-state index contributed by atoms with van der Waals surface area (Å²) in [6.07, 6.45) is 0.319. The van der Waals surface area contributed by atoms with Crippen LogP contribution in [-0.4, -0.2) is 22.8 Å². The molecule has 2 aromatic carbocycles. The molecule has 2 aromatic rings. The molecule has 0 aliphatic heterocycles. The Morgan fingerprint density at radius 2 is 1.76 bits per heavy atom. The predicted octanol–water partition coefficient (Wildman–Crippen LogP) is 4.28. The third-order valence-corrected chi connectivity index (χ3v) is 4.05. The van der Waals surface area contributed by atoms with Gasteiger partial charge in [-0.1, -0.05) is 35.9 Å². The van der Waals surface area contributed by atoms with Crippen LogP contribution in [0.25, 0.3) is 0 Å². The minimum absolute atomic E-state index is 0.0576. The molecule has 0 spiro atoms. The highest BCUT2D eigenvalue weighted by Crippen LogP contribution is 2.16. The van der Waals surface area contributed by atoms with E-state index in [2.05, 4.69) is 5.32 Å². The van der Waals surface area contributed by atoms with Crippen LogP contribution in [0.2, 0.25) is 5.02 Å². The first-order valence-electron chi connectivity index (χ1n) is 8.25. The van der Waals surface area contributed by atoms with Crippen molar-refractivity contribution in [1.29, 1.82) is 0 Å². The van der Waals surface area contributed by atoms with Crippen LogP contribution in [-0.2, 0) is 22.6 Å². The van der Waals surface area contributed by atoms with Crippen molar-refractivity contribution in [3.63, 3.8) is 0 Å². The first kappa shape index (κ1) is 19.0. The number of carbonyl (C=O) groups is 2. The Hall–Kier alpha value is -2.33. The summed E-state index contributed by atoms with van der Waals surface area (Å²) in [4.78, 5) is 25.6. The van der Waals surface area contributed by atoms with E-state index in [9.17, 15) is 9.59 Å². The quantitative estimate of drug-likeness (QED) is 0.837. The summed E-state index contributed by atoms with van der Waals surface area (Å²) in [6.45, 7) is 6.00. The van der Waals surface area contributed by atoms with E-state index >= 15 is 0 Å². The summed E-state index contributed by atoms with van der Waals surface area (Å²) >= 11 is 6.03. The fourth-order valence-corrected chi connectivity index (χ4v) is 2.79. The Bertz CT molecular complexity index is 742. The second-order valence-corrected chi connectivity index (χ2v) is 6.74. The van der Waals surface area contributed by atoms with E-state index in [1.165, 1.54) is 6.92 Å². The van der Waals surface area contributed by atoms with Gasteiger partial charge >= 0.3 is 0 Å². The maximum Gasteiger partial charge on any atom is 0.227 e. The molecule has 132 valence electrons. The number of carbonyl (C=O) groups excluding carboxylic acids is 2. The zero-order valence-corrected chi connectivity index (χ0v) is 15.5. The molecule has 0 saturated heterocycles. The van der Waals surface area contributed by atoms with Gasteiger partial charge in [0.25, 0.3) is 0 Å². The molecular formula is C20H23ClN2O2. The van der Waals surface area contributed by atoms with Gasteiger partial charge in [-0.25, -0.2) is 0 Å². The zero-order valence-electron chi connectivity index (χ0n) is 14.8. The largest absolute Gasteiger partial charge is 0.336 e. The van der Waals surface area contributed by atoms with Gasteiger partial charge in [-0.05, 0) is 49.2 Å². The molecule has 0 radical (unpaired) electrons. The molecule has 0 aliphatic rings. The summed E-state index contributed by atoms with van der Waals surface area (Å²) in [5.41, 5.74) is 2.65. The average molecular weight is 359 g/mol. The lowest BCUT2D eigenvalue weighted by Crippen LogP contribution is -2.37. The van der Waals surface area contributed by atoms with Crippen molar-refractivity contribution in [1.82, 2.24) is 4.90 Å². The summed E-state index contributed by atoms with van der Waals surface area (Å²) < 4.78 is 0. The Kier molecular flexibility index (Phi) is 6.59. The van der Waals surface area contributed by atoms with Gasteiger partial charge in [0.15, 0.2) is 0 Å². The maximum absolute atomic E-state index is 12.7. The molecule has 5 heteroatoms. The summed E-state index contributed by atoms with van der Waals surface area (Å²) in [5.74, 6) is -0.0569. The van der Waals surface area contributed by atoms with Crippen molar-refractivity contribution in [3.8, 4) is 0 Å². The topological polar surface area (TPSA) is 49.4 Å². The normalized spacial score (nSPS) is 10.6. The van der Waals surface area contributed by atoms with E-state index in [4.69, 9.17) is 11.6 Å². The number of amides is 2. The van der Waals surface area contributed by atoms with Gasteiger partial charge < -0.3 is 10.2 Å². The number of rotatable bonds is 6. The Balaban J connectivity index is 2.06. The molecule has 2 amide bonds. The minimum Gasteiger partial charge on any atom is -0.336 e. The number of benzene rings is 2. The number of nitrogens with one attached hydrogen (secondary N) is 1. The highest BCUT2D eigenvalue weighted by molar-refractivity contribution is 6.30. The lowest BCUT2D eigenvalue weighted by atomic mass is 10.1. The van der Waals surface area contributed by atoms with Crippen molar-refractivity contribution in [2.45, 2.75) is 39.8 Å². The van der Waals surface area contributed by atoms with Crippen LogP contribution in [0.1, 0.15) is 31.9 Å². The Morgan fingerprint density at radius 3 is 2.32 bits per heavy atom. The number of halogens is 1. The number of hydrogen-bond acceptors (Lipinski definition) is 2. The van der Waals surface area contributed by atoms with Gasteiger partial charge in [0.2, 0.25) is 11.8 Å². The van der Waals surface area contributed by atoms with E-state index in [0.717, 1.165) is 16.8 Å². The molecule has 0 aliphatic carbocycles. The van der Waals surface area contributed by atoms with Gasteiger partial charge in [0.05, 0.1) is 6.42 Å². The molecule has 0 unspecified atom stereocenters. The molecule has 25 heavy (non-hydrogen) atoms. The SMILES string of the molecule is CC(=O)Nc1ccc(CC(=O)N(Cc2cccc(Cl)c2)C(C)C)cc1. The number of nitrogens with zero attached hydrogens (tertiary/aromatic N) is 1. The van der Waals surface area contributed by atoms with Crippen molar-refractivity contribution in [2.24, 2.45) is 0 Å². The van der Waals surface area contributed by atoms with E-state index in [0.29, 0.717) is 18.0 Å². The minimum atomic E-state index is -0.115. The van der Waals surface area contributed by atoms with E-state index < -0.39 is 0 Å². The molecular weight excluding hydrogens is 336 g/mol. The maximum atomic E-state index is 12.7.